The third-order valence-corrected chi connectivity index (χ3v) is 5.59. The van der Waals surface area contributed by atoms with E-state index in [1.54, 1.807) is 6.07 Å². The molecule has 0 saturated carbocycles. The molecule has 6 nitrogen and oxygen atoms in total. The number of hydrogen-bond acceptors (Lipinski definition) is 5. The molecule has 0 fully saturated rings. The first kappa shape index (κ1) is 20.2. The predicted octanol–water partition coefficient (Wildman–Crippen LogP) is 4.40. The molecule has 0 radical (unpaired) electrons. The molecule has 3 aromatic rings. The van der Waals surface area contributed by atoms with Gasteiger partial charge in [0.05, 0.1) is 5.75 Å². The molecular weight excluding hydrogens is 396 g/mol. The number of amides is 1. The van der Waals surface area contributed by atoms with E-state index in [1.165, 1.54) is 11.8 Å². The molecule has 1 aromatic heterocycles. The summed E-state index contributed by atoms with van der Waals surface area (Å²) in [5.74, 6) is 1.59. The highest BCUT2D eigenvalue weighted by molar-refractivity contribution is 7.99. The van der Waals surface area contributed by atoms with E-state index < -0.39 is 0 Å². The maximum atomic E-state index is 12.2. The van der Waals surface area contributed by atoms with Crippen LogP contribution in [-0.4, -0.2) is 26.4 Å². The van der Waals surface area contributed by atoms with Gasteiger partial charge < -0.3 is 14.6 Å². The van der Waals surface area contributed by atoms with Gasteiger partial charge in [-0.05, 0) is 43.2 Å². The summed E-state index contributed by atoms with van der Waals surface area (Å²) >= 11 is 7.40. The number of carbonyl (C=O) groups excluding carboxylic acids is 1. The minimum Gasteiger partial charge on any atom is -0.485 e. The fourth-order valence-corrected chi connectivity index (χ4v) is 3.37. The highest BCUT2D eigenvalue weighted by atomic mass is 35.5. The number of para-hydroxylation sites is 1. The van der Waals surface area contributed by atoms with Gasteiger partial charge in [0.25, 0.3) is 0 Å². The van der Waals surface area contributed by atoms with E-state index in [9.17, 15) is 4.79 Å². The van der Waals surface area contributed by atoms with Crippen LogP contribution in [0.3, 0.4) is 0 Å². The minimum atomic E-state index is -0.134. The topological polar surface area (TPSA) is 69.0 Å². The fourth-order valence-electron chi connectivity index (χ4n) is 2.45. The quantitative estimate of drug-likeness (QED) is 0.578. The second-order valence-electron chi connectivity index (χ2n) is 6.31. The normalized spacial score (nSPS) is 10.7. The zero-order valence-corrected chi connectivity index (χ0v) is 17.5. The van der Waals surface area contributed by atoms with Crippen LogP contribution >= 0.6 is 23.4 Å². The first-order valence-corrected chi connectivity index (χ1v) is 10.1. The highest BCUT2D eigenvalue weighted by Crippen LogP contribution is 2.22. The monoisotopic (exact) mass is 416 g/mol. The highest BCUT2D eigenvalue weighted by Gasteiger charge is 2.13. The van der Waals surface area contributed by atoms with Crippen molar-refractivity contribution in [3.8, 4) is 5.75 Å². The summed E-state index contributed by atoms with van der Waals surface area (Å²) < 4.78 is 7.65. The SMILES string of the molecule is Cc1ccc(NC(=O)CSc2nnc(COc3ccccc3C)n2C)cc1Cl. The molecule has 2 aromatic carbocycles. The van der Waals surface area contributed by atoms with E-state index in [0.29, 0.717) is 28.3 Å². The van der Waals surface area contributed by atoms with E-state index >= 15 is 0 Å². The molecule has 1 amide bonds. The van der Waals surface area contributed by atoms with Crippen LogP contribution in [-0.2, 0) is 18.4 Å². The van der Waals surface area contributed by atoms with Crippen LogP contribution in [0, 0.1) is 13.8 Å². The van der Waals surface area contributed by atoms with Gasteiger partial charge in [-0.3, -0.25) is 4.79 Å². The van der Waals surface area contributed by atoms with Gasteiger partial charge >= 0.3 is 0 Å². The molecule has 0 saturated heterocycles. The molecule has 0 unspecified atom stereocenters. The minimum absolute atomic E-state index is 0.134. The van der Waals surface area contributed by atoms with E-state index in [1.807, 2.05) is 61.9 Å². The molecule has 0 bridgehead atoms. The largest absolute Gasteiger partial charge is 0.485 e. The molecule has 146 valence electrons. The average molecular weight is 417 g/mol. The number of benzene rings is 2. The van der Waals surface area contributed by atoms with Crippen molar-refractivity contribution in [1.82, 2.24) is 14.8 Å². The Bertz CT molecular complexity index is 990. The standard InChI is InChI=1S/C20H21ClN4O2S/c1-13-8-9-15(10-16(13)21)22-19(26)12-28-20-24-23-18(25(20)3)11-27-17-7-5-4-6-14(17)2/h4-10H,11-12H2,1-3H3,(H,22,26). The van der Waals surface area contributed by atoms with Crippen molar-refractivity contribution in [2.24, 2.45) is 7.05 Å². The molecule has 0 aliphatic heterocycles. The smallest absolute Gasteiger partial charge is 0.234 e. The van der Waals surface area contributed by atoms with Crippen molar-refractivity contribution in [1.29, 1.82) is 0 Å². The van der Waals surface area contributed by atoms with Crippen molar-refractivity contribution >= 4 is 35.0 Å². The Balaban J connectivity index is 1.54. The molecule has 28 heavy (non-hydrogen) atoms. The Kier molecular flexibility index (Phi) is 6.59. The van der Waals surface area contributed by atoms with E-state index in [2.05, 4.69) is 15.5 Å². The van der Waals surface area contributed by atoms with Crippen LogP contribution in [0.1, 0.15) is 17.0 Å². The van der Waals surface area contributed by atoms with Crippen LogP contribution in [0.25, 0.3) is 0 Å². The lowest BCUT2D eigenvalue weighted by molar-refractivity contribution is -0.113. The number of rotatable bonds is 7. The third kappa shape index (κ3) is 5.05. The Morgan fingerprint density at radius 1 is 1.18 bits per heavy atom. The van der Waals surface area contributed by atoms with Crippen molar-refractivity contribution in [3.63, 3.8) is 0 Å². The number of nitrogens with zero attached hydrogens (tertiary/aromatic N) is 3. The van der Waals surface area contributed by atoms with Crippen LogP contribution in [0.5, 0.6) is 5.75 Å². The molecule has 8 heteroatoms. The van der Waals surface area contributed by atoms with E-state index in [-0.39, 0.29) is 11.7 Å². The number of halogens is 1. The summed E-state index contributed by atoms with van der Waals surface area (Å²) in [6.07, 6.45) is 0. The second-order valence-corrected chi connectivity index (χ2v) is 7.66. The number of ether oxygens (including phenoxy) is 1. The summed E-state index contributed by atoms with van der Waals surface area (Å²) in [5, 5.41) is 12.4. The number of carbonyl (C=O) groups is 1. The first-order valence-electron chi connectivity index (χ1n) is 8.69. The Labute approximate surface area is 173 Å². The second kappa shape index (κ2) is 9.12. The van der Waals surface area contributed by atoms with E-state index in [4.69, 9.17) is 16.3 Å². The van der Waals surface area contributed by atoms with Crippen LogP contribution in [0.15, 0.2) is 47.6 Å². The summed E-state index contributed by atoms with van der Waals surface area (Å²) in [6.45, 7) is 4.22. The van der Waals surface area contributed by atoms with Gasteiger partial charge in [0.15, 0.2) is 11.0 Å². The zero-order valence-electron chi connectivity index (χ0n) is 15.9. The van der Waals surface area contributed by atoms with Crippen molar-refractivity contribution < 1.29 is 9.53 Å². The molecule has 0 aliphatic rings. The first-order chi connectivity index (χ1) is 13.4. The van der Waals surface area contributed by atoms with Gasteiger partial charge in [0.2, 0.25) is 5.91 Å². The van der Waals surface area contributed by atoms with Crippen molar-refractivity contribution in [2.75, 3.05) is 11.1 Å². The van der Waals surface area contributed by atoms with Gasteiger partial charge in [-0.1, -0.05) is 47.6 Å². The van der Waals surface area contributed by atoms with Gasteiger partial charge in [-0.15, -0.1) is 10.2 Å². The molecule has 3 rings (SSSR count). The lowest BCUT2D eigenvalue weighted by Gasteiger charge is -2.09. The number of aryl methyl sites for hydroxylation is 2. The van der Waals surface area contributed by atoms with Crippen molar-refractivity contribution in [3.05, 3.63) is 64.4 Å². The molecule has 1 N–H and O–H groups in total. The Morgan fingerprint density at radius 3 is 2.71 bits per heavy atom. The number of thioether (sulfide) groups is 1. The summed E-state index contributed by atoms with van der Waals surface area (Å²) in [7, 11) is 1.86. The lowest BCUT2D eigenvalue weighted by Crippen LogP contribution is -2.14. The van der Waals surface area contributed by atoms with E-state index in [0.717, 1.165) is 16.9 Å². The molecular formula is C20H21ClN4O2S. The number of anilines is 1. The van der Waals surface area contributed by atoms with Gasteiger partial charge in [0, 0.05) is 17.8 Å². The fraction of sp³-hybridized carbons (Fsp3) is 0.250. The summed E-state index contributed by atoms with van der Waals surface area (Å²) in [6, 6.07) is 13.2. The summed E-state index contributed by atoms with van der Waals surface area (Å²) in [4.78, 5) is 12.2. The Morgan fingerprint density at radius 2 is 1.96 bits per heavy atom. The zero-order chi connectivity index (χ0) is 20.1. The Hall–Kier alpha value is -2.51. The van der Waals surface area contributed by atoms with Crippen LogP contribution in [0.2, 0.25) is 5.02 Å². The van der Waals surface area contributed by atoms with Crippen LogP contribution < -0.4 is 10.1 Å². The van der Waals surface area contributed by atoms with Crippen molar-refractivity contribution in [2.45, 2.75) is 25.6 Å². The van der Waals surface area contributed by atoms with Crippen LogP contribution in [0.4, 0.5) is 5.69 Å². The lowest BCUT2D eigenvalue weighted by atomic mass is 10.2. The third-order valence-electron chi connectivity index (χ3n) is 4.16. The predicted molar refractivity (Wildman–Crippen MR) is 112 cm³/mol. The number of hydrogen-bond donors (Lipinski definition) is 1. The molecule has 0 spiro atoms. The van der Waals surface area contributed by atoms with Gasteiger partial charge in [-0.25, -0.2) is 0 Å². The summed E-state index contributed by atoms with van der Waals surface area (Å²) in [5.41, 5.74) is 2.70. The molecule has 1 heterocycles. The maximum Gasteiger partial charge on any atom is 0.234 e. The van der Waals surface area contributed by atoms with Gasteiger partial charge in [0.1, 0.15) is 12.4 Å². The molecule has 0 aliphatic carbocycles. The number of aromatic nitrogens is 3. The molecule has 0 atom stereocenters. The maximum absolute atomic E-state index is 12.2. The average Bonchev–Trinajstić information content (AvgIpc) is 3.02. The number of nitrogens with one attached hydrogen (secondary N) is 1. The van der Waals surface area contributed by atoms with Gasteiger partial charge in [-0.2, -0.15) is 0 Å².